The molecule has 0 unspecified atom stereocenters. The lowest BCUT2D eigenvalue weighted by Gasteiger charge is -2.06. The van der Waals surface area contributed by atoms with Crippen LogP contribution in [0.3, 0.4) is 0 Å². The molecule has 0 fully saturated rings. The van der Waals surface area contributed by atoms with Crippen LogP contribution in [0.2, 0.25) is 0 Å². The van der Waals surface area contributed by atoms with Gasteiger partial charge in [0.1, 0.15) is 12.4 Å². The molecule has 1 aromatic rings. The molecular formula is C9H14N2O3. The van der Waals surface area contributed by atoms with Crippen LogP contribution in [0.4, 0.5) is 0 Å². The van der Waals surface area contributed by atoms with Crippen molar-refractivity contribution in [2.75, 3.05) is 13.2 Å². The van der Waals surface area contributed by atoms with Gasteiger partial charge in [0, 0.05) is 6.61 Å². The molecule has 0 saturated carbocycles. The summed E-state index contributed by atoms with van der Waals surface area (Å²) in [6.45, 7) is 4.94. The van der Waals surface area contributed by atoms with Gasteiger partial charge in [0.25, 0.3) is 0 Å². The van der Waals surface area contributed by atoms with Gasteiger partial charge in [0.15, 0.2) is 0 Å². The summed E-state index contributed by atoms with van der Waals surface area (Å²) in [6.07, 6.45) is 3.01. The average molecular weight is 198 g/mol. The van der Waals surface area contributed by atoms with E-state index in [0.29, 0.717) is 25.6 Å². The first-order chi connectivity index (χ1) is 6.79. The predicted molar refractivity (Wildman–Crippen MR) is 49.8 cm³/mol. The van der Waals surface area contributed by atoms with Crippen LogP contribution in [0.5, 0.6) is 0 Å². The number of ether oxygens (including phenoxy) is 2. The summed E-state index contributed by atoms with van der Waals surface area (Å²) in [4.78, 5) is 15.2. The van der Waals surface area contributed by atoms with Crippen molar-refractivity contribution in [1.29, 1.82) is 0 Å². The van der Waals surface area contributed by atoms with Crippen LogP contribution in [0.15, 0.2) is 12.5 Å². The lowest BCUT2D eigenvalue weighted by molar-refractivity contribution is 0.0474. The molecule has 78 valence electrons. The van der Waals surface area contributed by atoms with E-state index in [1.165, 1.54) is 6.20 Å². The van der Waals surface area contributed by atoms with E-state index in [2.05, 4.69) is 4.98 Å². The third kappa shape index (κ3) is 2.56. The summed E-state index contributed by atoms with van der Waals surface area (Å²) in [5.74, 6) is -0.371. The Hall–Kier alpha value is -1.36. The van der Waals surface area contributed by atoms with Crippen LogP contribution >= 0.6 is 0 Å². The first-order valence-electron chi connectivity index (χ1n) is 4.54. The second kappa shape index (κ2) is 5.39. The van der Waals surface area contributed by atoms with E-state index in [0.717, 1.165) is 0 Å². The monoisotopic (exact) mass is 198 g/mol. The zero-order valence-electron chi connectivity index (χ0n) is 8.40. The Kier molecular flexibility index (Phi) is 4.12. The summed E-state index contributed by atoms with van der Waals surface area (Å²) in [5, 5.41) is 0. The summed E-state index contributed by atoms with van der Waals surface area (Å²) >= 11 is 0. The highest BCUT2D eigenvalue weighted by atomic mass is 16.5. The van der Waals surface area contributed by atoms with Gasteiger partial charge in [-0.05, 0) is 13.8 Å². The minimum atomic E-state index is -0.371. The standard InChI is InChI=1S/C9H14N2O3/c1-3-13-7-11-6-10-5-8(11)9(12)14-4-2/h5-6H,3-4,7H2,1-2H3. The molecule has 0 N–H and O–H groups in total. The third-order valence-electron chi connectivity index (χ3n) is 1.63. The lowest BCUT2D eigenvalue weighted by Crippen LogP contribution is -2.13. The molecule has 5 nitrogen and oxygen atoms in total. The first-order valence-corrected chi connectivity index (χ1v) is 4.54. The molecule has 1 heterocycles. The highest BCUT2D eigenvalue weighted by Crippen LogP contribution is 2.02. The maximum atomic E-state index is 11.4. The average Bonchev–Trinajstić information content (AvgIpc) is 2.63. The van der Waals surface area contributed by atoms with Gasteiger partial charge in [-0.25, -0.2) is 9.78 Å². The molecule has 0 spiro atoms. The van der Waals surface area contributed by atoms with Crippen molar-refractivity contribution in [2.24, 2.45) is 0 Å². The van der Waals surface area contributed by atoms with Gasteiger partial charge in [-0.2, -0.15) is 0 Å². The summed E-state index contributed by atoms with van der Waals surface area (Å²) in [7, 11) is 0. The van der Waals surface area contributed by atoms with Crippen molar-refractivity contribution in [3.05, 3.63) is 18.2 Å². The van der Waals surface area contributed by atoms with Gasteiger partial charge < -0.3 is 14.0 Å². The SMILES string of the molecule is CCOCn1cncc1C(=O)OCC. The number of aromatic nitrogens is 2. The number of carbonyl (C=O) groups excluding carboxylic acids is 1. The Morgan fingerprint density at radius 2 is 2.29 bits per heavy atom. The van der Waals surface area contributed by atoms with Gasteiger partial charge >= 0.3 is 5.97 Å². The van der Waals surface area contributed by atoms with E-state index in [-0.39, 0.29) is 5.97 Å². The molecule has 0 saturated heterocycles. The number of hydrogen-bond donors (Lipinski definition) is 0. The highest BCUT2D eigenvalue weighted by molar-refractivity contribution is 5.87. The van der Waals surface area contributed by atoms with Crippen molar-refractivity contribution in [1.82, 2.24) is 9.55 Å². The number of imidazole rings is 1. The molecular weight excluding hydrogens is 184 g/mol. The summed E-state index contributed by atoms with van der Waals surface area (Å²) in [6, 6.07) is 0. The lowest BCUT2D eigenvalue weighted by atomic mass is 10.5. The van der Waals surface area contributed by atoms with Crippen LogP contribution in [-0.2, 0) is 16.2 Å². The fourth-order valence-electron chi connectivity index (χ4n) is 0.988. The number of carbonyl (C=O) groups is 1. The number of esters is 1. The van der Waals surface area contributed by atoms with Gasteiger partial charge in [-0.15, -0.1) is 0 Å². The van der Waals surface area contributed by atoms with Gasteiger partial charge in [-0.3, -0.25) is 0 Å². The Bertz CT molecular complexity index is 296. The normalized spacial score (nSPS) is 10.1. The van der Waals surface area contributed by atoms with E-state index in [9.17, 15) is 4.79 Å². The molecule has 0 atom stereocenters. The maximum absolute atomic E-state index is 11.4. The Morgan fingerprint density at radius 3 is 2.93 bits per heavy atom. The Morgan fingerprint density at radius 1 is 1.50 bits per heavy atom. The molecule has 0 bridgehead atoms. The van der Waals surface area contributed by atoms with E-state index in [4.69, 9.17) is 9.47 Å². The number of nitrogens with zero attached hydrogens (tertiary/aromatic N) is 2. The van der Waals surface area contributed by atoms with Crippen molar-refractivity contribution < 1.29 is 14.3 Å². The highest BCUT2D eigenvalue weighted by Gasteiger charge is 2.11. The minimum Gasteiger partial charge on any atom is -0.461 e. The van der Waals surface area contributed by atoms with Gasteiger partial charge in [-0.1, -0.05) is 0 Å². The fourth-order valence-corrected chi connectivity index (χ4v) is 0.988. The zero-order valence-corrected chi connectivity index (χ0v) is 8.40. The van der Waals surface area contributed by atoms with E-state index in [1.807, 2.05) is 6.92 Å². The van der Waals surface area contributed by atoms with Crippen LogP contribution in [-0.4, -0.2) is 28.7 Å². The van der Waals surface area contributed by atoms with Crippen molar-refractivity contribution in [3.8, 4) is 0 Å². The quantitative estimate of drug-likeness (QED) is 0.664. The molecule has 0 aliphatic heterocycles. The van der Waals surface area contributed by atoms with Crippen molar-refractivity contribution in [3.63, 3.8) is 0 Å². The zero-order chi connectivity index (χ0) is 10.4. The molecule has 5 heteroatoms. The molecule has 0 radical (unpaired) electrons. The molecule has 1 rings (SSSR count). The van der Waals surface area contributed by atoms with Crippen LogP contribution in [0.25, 0.3) is 0 Å². The Labute approximate surface area is 82.6 Å². The Balaban J connectivity index is 2.66. The summed E-state index contributed by atoms with van der Waals surface area (Å²) in [5.41, 5.74) is 0.417. The second-order valence-corrected chi connectivity index (χ2v) is 2.59. The molecule has 0 amide bonds. The van der Waals surface area contributed by atoms with Gasteiger partial charge in [0.05, 0.1) is 19.1 Å². The number of hydrogen-bond acceptors (Lipinski definition) is 4. The van der Waals surface area contributed by atoms with Crippen LogP contribution in [0.1, 0.15) is 24.3 Å². The second-order valence-electron chi connectivity index (χ2n) is 2.59. The van der Waals surface area contributed by atoms with Crippen molar-refractivity contribution >= 4 is 5.97 Å². The smallest absolute Gasteiger partial charge is 0.356 e. The fraction of sp³-hybridized carbons (Fsp3) is 0.556. The third-order valence-corrected chi connectivity index (χ3v) is 1.63. The minimum absolute atomic E-state index is 0.324. The molecule has 1 aromatic heterocycles. The maximum Gasteiger partial charge on any atom is 0.356 e. The number of rotatable bonds is 5. The van der Waals surface area contributed by atoms with E-state index < -0.39 is 0 Å². The summed E-state index contributed by atoms with van der Waals surface area (Å²) < 4.78 is 11.6. The molecule has 14 heavy (non-hydrogen) atoms. The molecule has 0 aliphatic rings. The van der Waals surface area contributed by atoms with E-state index in [1.54, 1.807) is 17.8 Å². The van der Waals surface area contributed by atoms with E-state index >= 15 is 0 Å². The topological polar surface area (TPSA) is 53.4 Å². The van der Waals surface area contributed by atoms with Gasteiger partial charge in [0.2, 0.25) is 0 Å². The van der Waals surface area contributed by atoms with Crippen LogP contribution in [0, 0.1) is 0 Å². The van der Waals surface area contributed by atoms with Crippen LogP contribution < -0.4 is 0 Å². The van der Waals surface area contributed by atoms with Crippen molar-refractivity contribution in [2.45, 2.75) is 20.6 Å². The predicted octanol–water partition coefficient (Wildman–Crippen LogP) is 1.05. The largest absolute Gasteiger partial charge is 0.461 e. The first kappa shape index (κ1) is 10.7. The molecule has 0 aromatic carbocycles. The molecule has 0 aliphatic carbocycles.